The summed E-state index contributed by atoms with van der Waals surface area (Å²) in [7, 11) is 1.74. The van der Waals surface area contributed by atoms with E-state index in [0.717, 1.165) is 5.56 Å². The third-order valence-corrected chi connectivity index (χ3v) is 4.71. The SMILES string of the molecule is CC(C)C(C)(Cc1ccc(Cl)cc1)NC(=O)C(O)c1cnn(C)c1. The maximum absolute atomic E-state index is 12.5. The number of aryl methyl sites for hydroxylation is 1. The maximum atomic E-state index is 12.5. The number of carbonyl (C=O) groups is 1. The summed E-state index contributed by atoms with van der Waals surface area (Å²) < 4.78 is 1.56. The van der Waals surface area contributed by atoms with Crippen LogP contribution in [0.4, 0.5) is 0 Å². The number of hydrogen-bond donors (Lipinski definition) is 2. The smallest absolute Gasteiger partial charge is 0.254 e. The van der Waals surface area contributed by atoms with E-state index in [-0.39, 0.29) is 5.92 Å². The van der Waals surface area contributed by atoms with Gasteiger partial charge < -0.3 is 10.4 Å². The molecule has 1 aromatic carbocycles. The Balaban J connectivity index is 2.14. The molecule has 1 amide bonds. The van der Waals surface area contributed by atoms with Crippen LogP contribution in [0.2, 0.25) is 5.02 Å². The number of carbonyl (C=O) groups excluding carboxylic acids is 1. The van der Waals surface area contributed by atoms with Gasteiger partial charge in [0.15, 0.2) is 6.10 Å². The third kappa shape index (κ3) is 4.36. The molecule has 5 nitrogen and oxygen atoms in total. The average molecular weight is 350 g/mol. The molecule has 2 atom stereocenters. The summed E-state index contributed by atoms with van der Waals surface area (Å²) in [6.07, 6.45) is 2.54. The Morgan fingerprint density at radius 2 is 2.00 bits per heavy atom. The van der Waals surface area contributed by atoms with Crippen LogP contribution in [0.1, 0.15) is 38.0 Å². The molecule has 1 heterocycles. The number of aliphatic hydroxyl groups excluding tert-OH is 1. The van der Waals surface area contributed by atoms with Gasteiger partial charge in [-0.1, -0.05) is 37.6 Å². The molecule has 0 aliphatic carbocycles. The van der Waals surface area contributed by atoms with Crippen molar-refractivity contribution in [3.05, 3.63) is 52.8 Å². The molecule has 0 saturated carbocycles. The Morgan fingerprint density at radius 1 is 1.38 bits per heavy atom. The first-order valence-electron chi connectivity index (χ1n) is 7.94. The van der Waals surface area contributed by atoms with E-state index in [0.29, 0.717) is 17.0 Å². The highest BCUT2D eigenvalue weighted by Gasteiger charge is 2.33. The van der Waals surface area contributed by atoms with E-state index in [1.165, 1.54) is 6.20 Å². The van der Waals surface area contributed by atoms with Crippen molar-refractivity contribution in [2.45, 2.75) is 38.8 Å². The summed E-state index contributed by atoms with van der Waals surface area (Å²) in [5.74, 6) is -0.244. The Bertz CT molecular complexity index is 697. The topological polar surface area (TPSA) is 67.2 Å². The minimum Gasteiger partial charge on any atom is -0.378 e. The lowest BCUT2D eigenvalue weighted by Crippen LogP contribution is -2.53. The lowest BCUT2D eigenvalue weighted by Gasteiger charge is -2.36. The van der Waals surface area contributed by atoms with Crippen molar-refractivity contribution in [1.29, 1.82) is 0 Å². The molecule has 2 unspecified atom stereocenters. The van der Waals surface area contributed by atoms with Crippen molar-refractivity contribution in [2.24, 2.45) is 13.0 Å². The van der Waals surface area contributed by atoms with E-state index < -0.39 is 17.6 Å². The van der Waals surface area contributed by atoms with Crippen molar-refractivity contribution < 1.29 is 9.90 Å². The summed E-state index contributed by atoms with van der Waals surface area (Å²) in [4.78, 5) is 12.5. The van der Waals surface area contributed by atoms with Gasteiger partial charge in [0.2, 0.25) is 0 Å². The number of amides is 1. The molecule has 0 bridgehead atoms. The van der Waals surface area contributed by atoms with E-state index >= 15 is 0 Å². The minimum atomic E-state index is -1.23. The van der Waals surface area contributed by atoms with Crippen LogP contribution in [0.25, 0.3) is 0 Å². The molecule has 0 saturated heterocycles. The van der Waals surface area contributed by atoms with Crippen LogP contribution >= 0.6 is 11.6 Å². The molecule has 6 heteroatoms. The number of halogens is 1. The summed E-state index contributed by atoms with van der Waals surface area (Å²) in [5, 5.41) is 17.9. The number of nitrogens with zero attached hydrogens (tertiary/aromatic N) is 2. The van der Waals surface area contributed by atoms with E-state index in [2.05, 4.69) is 10.4 Å². The normalized spacial score (nSPS) is 15.1. The largest absolute Gasteiger partial charge is 0.378 e. The summed E-state index contributed by atoms with van der Waals surface area (Å²) in [6.45, 7) is 6.08. The zero-order valence-corrected chi connectivity index (χ0v) is 15.2. The number of aliphatic hydroxyl groups is 1. The Kier molecular flexibility index (Phi) is 5.67. The van der Waals surface area contributed by atoms with Crippen LogP contribution in [0.3, 0.4) is 0 Å². The molecule has 2 N–H and O–H groups in total. The minimum absolute atomic E-state index is 0.179. The highest BCUT2D eigenvalue weighted by molar-refractivity contribution is 6.30. The fourth-order valence-corrected chi connectivity index (χ4v) is 2.63. The van der Waals surface area contributed by atoms with Gasteiger partial charge in [0.25, 0.3) is 5.91 Å². The number of nitrogens with one attached hydrogen (secondary N) is 1. The first-order valence-corrected chi connectivity index (χ1v) is 8.32. The zero-order chi connectivity index (χ0) is 17.9. The average Bonchev–Trinajstić information content (AvgIpc) is 2.95. The number of hydrogen-bond acceptors (Lipinski definition) is 3. The molecule has 0 fully saturated rings. The maximum Gasteiger partial charge on any atom is 0.254 e. The lowest BCUT2D eigenvalue weighted by atomic mass is 9.82. The van der Waals surface area contributed by atoms with Crippen molar-refractivity contribution >= 4 is 17.5 Å². The summed E-state index contributed by atoms with van der Waals surface area (Å²) in [5.41, 5.74) is 1.06. The van der Waals surface area contributed by atoms with Crippen LogP contribution < -0.4 is 5.32 Å². The molecule has 0 spiro atoms. The second kappa shape index (κ2) is 7.36. The third-order valence-electron chi connectivity index (χ3n) is 4.46. The van der Waals surface area contributed by atoms with Crippen molar-refractivity contribution in [3.63, 3.8) is 0 Å². The van der Waals surface area contributed by atoms with Gasteiger partial charge in [-0.2, -0.15) is 5.10 Å². The van der Waals surface area contributed by atoms with Gasteiger partial charge in [-0.25, -0.2) is 0 Å². The van der Waals surface area contributed by atoms with Gasteiger partial charge in [-0.05, 0) is 37.0 Å². The van der Waals surface area contributed by atoms with Crippen LogP contribution in [-0.4, -0.2) is 26.3 Å². The number of rotatable bonds is 6. The van der Waals surface area contributed by atoms with E-state index in [1.807, 2.05) is 45.0 Å². The van der Waals surface area contributed by atoms with E-state index in [9.17, 15) is 9.90 Å². The first-order chi connectivity index (χ1) is 11.2. The Hall–Kier alpha value is -1.85. The molecule has 1 aromatic heterocycles. The molecule has 24 heavy (non-hydrogen) atoms. The highest BCUT2D eigenvalue weighted by atomic mass is 35.5. The monoisotopic (exact) mass is 349 g/mol. The molecular weight excluding hydrogens is 326 g/mol. The van der Waals surface area contributed by atoms with Gasteiger partial charge in [0, 0.05) is 29.4 Å². The van der Waals surface area contributed by atoms with Gasteiger partial charge >= 0.3 is 0 Å². The fourth-order valence-electron chi connectivity index (χ4n) is 2.50. The predicted molar refractivity (Wildman–Crippen MR) is 94.7 cm³/mol. The molecular formula is C18H24ClN3O2. The van der Waals surface area contributed by atoms with Crippen LogP contribution in [0.5, 0.6) is 0 Å². The summed E-state index contributed by atoms with van der Waals surface area (Å²) in [6, 6.07) is 7.58. The Morgan fingerprint density at radius 3 is 2.50 bits per heavy atom. The zero-order valence-electron chi connectivity index (χ0n) is 14.5. The van der Waals surface area contributed by atoms with Gasteiger partial charge in [-0.3, -0.25) is 9.48 Å². The lowest BCUT2D eigenvalue weighted by molar-refractivity contribution is -0.132. The number of benzene rings is 1. The molecule has 0 aliphatic heterocycles. The molecule has 130 valence electrons. The van der Waals surface area contributed by atoms with Crippen LogP contribution in [-0.2, 0) is 18.3 Å². The van der Waals surface area contributed by atoms with Crippen molar-refractivity contribution in [1.82, 2.24) is 15.1 Å². The van der Waals surface area contributed by atoms with Gasteiger partial charge in [-0.15, -0.1) is 0 Å². The summed E-state index contributed by atoms with van der Waals surface area (Å²) >= 11 is 5.93. The van der Waals surface area contributed by atoms with Crippen molar-refractivity contribution in [2.75, 3.05) is 0 Å². The molecule has 2 aromatic rings. The van der Waals surface area contributed by atoms with Crippen LogP contribution in [0.15, 0.2) is 36.7 Å². The second-order valence-electron chi connectivity index (χ2n) is 6.71. The van der Waals surface area contributed by atoms with Crippen molar-refractivity contribution in [3.8, 4) is 0 Å². The Labute approximate surface area is 147 Å². The van der Waals surface area contributed by atoms with E-state index in [1.54, 1.807) is 17.9 Å². The molecule has 2 rings (SSSR count). The predicted octanol–water partition coefficient (Wildman–Crippen LogP) is 2.88. The van der Waals surface area contributed by atoms with Crippen LogP contribution in [0, 0.1) is 5.92 Å². The quantitative estimate of drug-likeness (QED) is 0.842. The van der Waals surface area contributed by atoms with E-state index in [4.69, 9.17) is 11.6 Å². The number of aromatic nitrogens is 2. The van der Waals surface area contributed by atoms with Gasteiger partial charge in [0.05, 0.1) is 6.20 Å². The standard InChI is InChI=1S/C18H24ClN3O2/c1-12(2)18(3,9-13-5-7-15(19)8-6-13)21-17(24)16(23)14-10-20-22(4)11-14/h5-8,10-12,16,23H,9H2,1-4H3,(H,21,24). The fraction of sp³-hybridized carbons (Fsp3) is 0.444. The molecule has 0 radical (unpaired) electrons. The second-order valence-corrected chi connectivity index (χ2v) is 7.15. The first kappa shape index (κ1) is 18.5. The molecule has 0 aliphatic rings. The highest BCUT2D eigenvalue weighted by Crippen LogP contribution is 2.24. The van der Waals surface area contributed by atoms with Gasteiger partial charge in [0.1, 0.15) is 0 Å².